The predicted molar refractivity (Wildman–Crippen MR) is 78.1 cm³/mol. The summed E-state index contributed by atoms with van der Waals surface area (Å²) in [4.78, 5) is 0. The summed E-state index contributed by atoms with van der Waals surface area (Å²) in [5.41, 5.74) is 3.74. The van der Waals surface area contributed by atoms with Gasteiger partial charge in [-0.1, -0.05) is 37.8 Å². The van der Waals surface area contributed by atoms with Gasteiger partial charge in [-0.25, -0.2) is 0 Å². The van der Waals surface area contributed by atoms with Crippen molar-refractivity contribution in [1.82, 2.24) is 9.78 Å². The average molecular weight is 244 g/mol. The maximum Gasteiger partial charge on any atom is 0.0688 e. The quantitative estimate of drug-likeness (QED) is 0.691. The van der Waals surface area contributed by atoms with Crippen LogP contribution in [0.4, 0.5) is 0 Å². The molecule has 1 heterocycles. The molecule has 1 aromatic carbocycles. The van der Waals surface area contributed by atoms with Crippen LogP contribution >= 0.6 is 0 Å². The summed E-state index contributed by atoms with van der Waals surface area (Å²) < 4.78 is 2.21. The predicted octanol–water partition coefficient (Wildman–Crippen LogP) is 4.79. The van der Waals surface area contributed by atoms with E-state index in [1.807, 2.05) is 0 Å². The van der Waals surface area contributed by atoms with Crippen molar-refractivity contribution in [3.05, 3.63) is 29.5 Å². The van der Waals surface area contributed by atoms with Crippen LogP contribution in [0.25, 0.3) is 10.9 Å². The SMILES string of the molecule is CCCCCC(C)n1nc(C)c2cc(C)ccc21. The molecule has 2 heteroatoms. The maximum absolute atomic E-state index is 4.73. The summed E-state index contributed by atoms with van der Waals surface area (Å²) in [5, 5.41) is 6.03. The Balaban J connectivity index is 2.28. The molecule has 0 bridgehead atoms. The van der Waals surface area contributed by atoms with Gasteiger partial charge in [0.05, 0.1) is 11.2 Å². The molecule has 0 amide bonds. The van der Waals surface area contributed by atoms with Gasteiger partial charge in [0.1, 0.15) is 0 Å². The summed E-state index contributed by atoms with van der Waals surface area (Å²) in [5.74, 6) is 0. The van der Waals surface area contributed by atoms with Crippen LogP contribution in [0.15, 0.2) is 18.2 Å². The normalized spacial score (nSPS) is 13.1. The molecule has 0 aliphatic rings. The Morgan fingerprint density at radius 2 is 2.00 bits per heavy atom. The maximum atomic E-state index is 4.73. The number of hydrogen-bond acceptors (Lipinski definition) is 1. The highest BCUT2D eigenvalue weighted by molar-refractivity contribution is 5.82. The lowest BCUT2D eigenvalue weighted by molar-refractivity contribution is 0.448. The van der Waals surface area contributed by atoms with Crippen LogP contribution in [0.5, 0.6) is 0 Å². The van der Waals surface area contributed by atoms with Gasteiger partial charge < -0.3 is 0 Å². The highest BCUT2D eigenvalue weighted by atomic mass is 15.3. The van der Waals surface area contributed by atoms with Crippen LogP contribution in [-0.4, -0.2) is 9.78 Å². The number of unbranched alkanes of at least 4 members (excludes halogenated alkanes) is 2. The van der Waals surface area contributed by atoms with Gasteiger partial charge in [-0.3, -0.25) is 4.68 Å². The van der Waals surface area contributed by atoms with E-state index in [1.165, 1.54) is 42.1 Å². The van der Waals surface area contributed by atoms with Gasteiger partial charge in [0, 0.05) is 11.4 Å². The summed E-state index contributed by atoms with van der Waals surface area (Å²) in [6.07, 6.45) is 5.12. The number of hydrogen-bond donors (Lipinski definition) is 0. The fraction of sp³-hybridized carbons (Fsp3) is 0.562. The molecule has 18 heavy (non-hydrogen) atoms. The monoisotopic (exact) mass is 244 g/mol. The Bertz CT molecular complexity index is 525. The largest absolute Gasteiger partial charge is 0.262 e. The molecule has 0 saturated carbocycles. The minimum Gasteiger partial charge on any atom is -0.262 e. The first-order chi connectivity index (χ1) is 8.63. The lowest BCUT2D eigenvalue weighted by atomic mass is 10.1. The van der Waals surface area contributed by atoms with Gasteiger partial charge in [0.25, 0.3) is 0 Å². The first-order valence-corrected chi connectivity index (χ1v) is 7.09. The van der Waals surface area contributed by atoms with Gasteiger partial charge in [-0.15, -0.1) is 0 Å². The molecule has 0 N–H and O–H groups in total. The van der Waals surface area contributed by atoms with Gasteiger partial charge in [0.15, 0.2) is 0 Å². The average Bonchev–Trinajstić information content (AvgIpc) is 2.67. The molecule has 0 spiro atoms. The highest BCUT2D eigenvalue weighted by Gasteiger charge is 2.12. The number of fused-ring (bicyclic) bond motifs is 1. The zero-order chi connectivity index (χ0) is 13.1. The Hall–Kier alpha value is -1.31. The highest BCUT2D eigenvalue weighted by Crippen LogP contribution is 2.25. The van der Waals surface area contributed by atoms with E-state index in [-0.39, 0.29) is 0 Å². The lowest BCUT2D eigenvalue weighted by Crippen LogP contribution is -2.07. The van der Waals surface area contributed by atoms with E-state index < -0.39 is 0 Å². The van der Waals surface area contributed by atoms with E-state index in [0.29, 0.717) is 6.04 Å². The van der Waals surface area contributed by atoms with Gasteiger partial charge in [-0.05, 0) is 39.3 Å². The Morgan fingerprint density at radius 1 is 1.22 bits per heavy atom. The van der Waals surface area contributed by atoms with Crippen molar-refractivity contribution in [3.8, 4) is 0 Å². The molecule has 1 aromatic heterocycles. The minimum absolute atomic E-state index is 0.496. The van der Waals surface area contributed by atoms with Crippen molar-refractivity contribution in [2.45, 2.75) is 59.4 Å². The smallest absolute Gasteiger partial charge is 0.0688 e. The summed E-state index contributed by atoms with van der Waals surface area (Å²) >= 11 is 0. The number of rotatable bonds is 5. The van der Waals surface area contributed by atoms with Crippen molar-refractivity contribution in [3.63, 3.8) is 0 Å². The van der Waals surface area contributed by atoms with Crippen LogP contribution in [0.1, 0.15) is 56.8 Å². The van der Waals surface area contributed by atoms with Crippen molar-refractivity contribution in [2.75, 3.05) is 0 Å². The third-order valence-electron chi connectivity index (χ3n) is 3.69. The van der Waals surface area contributed by atoms with E-state index in [4.69, 9.17) is 5.10 Å². The molecule has 0 fully saturated rings. The topological polar surface area (TPSA) is 17.8 Å². The first kappa shape index (κ1) is 13.1. The number of nitrogens with zero attached hydrogens (tertiary/aromatic N) is 2. The zero-order valence-electron chi connectivity index (χ0n) is 12.0. The molecule has 0 radical (unpaired) electrons. The molecular formula is C16H24N2. The van der Waals surface area contributed by atoms with Gasteiger partial charge in [0.2, 0.25) is 0 Å². The number of aryl methyl sites for hydroxylation is 2. The minimum atomic E-state index is 0.496. The van der Waals surface area contributed by atoms with E-state index in [9.17, 15) is 0 Å². The van der Waals surface area contributed by atoms with E-state index >= 15 is 0 Å². The first-order valence-electron chi connectivity index (χ1n) is 7.09. The van der Waals surface area contributed by atoms with Crippen LogP contribution < -0.4 is 0 Å². The molecular weight excluding hydrogens is 220 g/mol. The third kappa shape index (κ3) is 2.58. The fourth-order valence-corrected chi connectivity index (χ4v) is 2.56. The second-order valence-electron chi connectivity index (χ2n) is 5.40. The van der Waals surface area contributed by atoms with Crippen LogP contribution in [0.2, 0.25) is 0 Å². The Kier molecular flexibility index (Phi) is 4.05. The van der Waals surface area contributed by atoms with E-state index in [1.54, 1.807) is 0 Å². The van der Waals surface area contributed by atoms with Gasteiger partial charge >= 0.3 is 0 Å². The standard InChI is InChI=1S/C16H24N2/c1-5-6-7-8-13(3)18-16-10-9-12(2)11-15(16)14(4)17-18/h9-11,13H,5-8H2,1-4H3. The number of aromatic nitrogens is 2. The second-order valence-corrected chi connectivity index (χ2v) is 5.40. The van der Waals surface area contributed by atoms with Crippen LogP contribution in [0.3, 0.4) is 0 Å². The van der Waals surface area contributed by atoms with Crippen LogP contribution in [-0.2, 0) is 0 Å². The molecule has 2 rings (SSSR count). The summed E-state index contributed by atoms with van der Waals surface area (Å²) in [6.45, 7) is 8.78. The fourth-order valence-electron chi connectivity index (χ4n) is 2.56. The summed E-state index contributed by atoms with van der Waals surface area (Å²) in [6, 6.07) is 7.13. The van der Waals surface area contributed by atoms with E-state index in [0.717, 1.165) is 5.69 Å². The molecule has 2 aromatic rings. The molecule has 98 valence electrons. The summed E-state index contributed by atoms with van der Waals surface area (Å²) in [7, 11) is 0. The van der Waals surface area contributed by atoms with Crippen molar-refractivity contribution in [2.24, 2.45) is 0 Å². The number of benzene rings is 1. The van der Waals surface area contributed by atoms with Crippen molar-refractivity contribution >= 4 is 10.9 Å². The van der Waals surface area contributed by atoms with Crippen LogP contribution in [0, 0.1) is 13.8 Å². The van der Waals surface area contributed by atoms with Gasteiger partial charge in [-0.2, -0.15) is 5.10 Å². The molecule has 0 aliphatic heterocycles. The molecule has 1 atom stereocenters. The lowest BCUT2D eigenvalue weighted by Gasteiger charge is -2.13. The zero-order valence-corrected chi connectivity index (χ0v) is 12.0. The van der Waals surface area contributed by atoms with Crippen molar-refractivity contribution in [1.29, 1.82) is 0 Å². The van der Waals surface area contributed by atoms with Crippen molar-refractivity contribution < 1.29 is 0 Å². The third-order valence-corrected chi connectivity index (χ3v) is 3.69. The molecule has 0 saturated heterocycles. The van der Waals surface area contributed by atoms with E-state index in [2.05, 4.69) is 50.6 Å². The molecule has 2 nitrogen and oxygen atoms in total. The Morgan fingerprint density at radius 3 is 2.72 bits per heavy atom. The Labute approximate surface area is 110 Å². The second kappa shape index (κ2) is 5.55. The molecule has 0 aliphatic carbocycles. The molecule has 1 unspecified atom stereocenters.